The van der Waals surface area contributed by atoms with Gasteiger partial charge in [-0.2, -0.15) is 0 Å². The molecule has 158 valence electrons. The quantitative estimate of drug-likeness (QED) is 0.438. The molecule has 3 rings (SSSR count). The third kappa shape index (κ3) is 5.34. The number of thiazole rings is 1. The largest absolute Gasteiger partial charge is 0.481 e. The molecule has 1 amide bonds. The lowest BCUT2D eigenvalue weighted by Gasteiger charge is -2.22. The Kier molecular flexibility index (Phi) is 7.38. The van der Waals surface area contributed by atoms with Gasteiger partial charge in [0, 0.05) is 17.0 Å². The van der Waals surface area contributed by atoms with E-state index in [1.54, 1.807) is 23.9 Å². The van der Waals surface area contributed by atoms with E-state index in [1.807, 2.05) is 12.1 Å². The lowest BCUT2D eigenvalue weighted by atomic mass is 10.2. The van der Waals surface area contributed by atoms with Gasteiger partial charge in [-0.1, -0.05) is 6.92 Å². The molecule has 0 aliphatic heterocycles. The summed E-state index contributed by atoms with van der Waals surface area (Å²) in [5.74, 6) is -2.46. The fourth-order valence-corrected chi connectivity index (χ4v) is 4.52. The Morgan fingerprint density at radius 1 is 1.13 bits per heavy atom. The standard InChI is InChI=1S/C21H20F2N2O3S2/c1-2-11-29-14-5-3-13(4-6-14)25(18(26)9-10-19(27)28)12-17-24-21-16(30-17)8-7-15(22)20(21)23/h3-8H,2,9-12H2,1H3,(H,27,28). The summed E-state index contributed by atoms with van der Waals surface area (Å²) in [7, 11) is 0. The van der Waals surface area contributed by atoms with Gasteiger partial charge in [-0.3, -0.25) is 9.59 Å². The van der Waals surface area contributed by atoms with Gasteiger partial charge in [0.1, 0.15) is 10.5 Å². The van der Waals surface area contributed by atoms with E-state index in [-0.39, 0.29) is 30.8 Å². The van der Waals surface area contributed by atoms with E-state index >= 15 is 0 Å². The molecular formula is C21H20F2N2O3S2. The summed E-state index contributed by atoms with van der Waals surface area (Å²) in [6, 6.07) is 9.89. The number of anilines is 1. The summed E-state index contributed by atoms with van der Waals surface area (Å²) in [4.78, 5) is 30.3. The van der Waals surface area contributed by atoms with Crippen molar-refractivity contribution >= 4 is 50.9 Å². The fraction of sp³-hybridized carbons (Fsp3) is 0.286. The lowest BCUT2D eigenvalue weighted by molar-refractivity contribution is -0.138. The Morgan fingerprint density at radius 2 is 1.87 bits per heavy atom. The number of amides is 1. The predicted octanol–water partition coefficient (Wildman–Crippen LogP) is 5.47. The molecule has 0 saturated carbocycles. The SMILES string of the molecule is CCCSc1ccc(N(Cc2nc3c(F)c(F)ccc3s2)C(=O)CCC(=O)O)cc1. The maximum absolute atomic E-state index is 14.0. The van der Waals surface area contributed by atoms with Crippen LogP contribution in [0.5, 0.6) is 0 Å². The van der Waals surface area contributed by atoms with Crippen LogP contribution in [0.1, 0.15) is 31.2 Å². The number of rotatable bonds is 9. The van der Waals surface area contributed by atoms with Gasteiger partial charge in [-0.15, -0.1) is 23.1 Å². The Hall–Kier alpha value is -2.52. The Labute approximate surface area is 180 Å². The molecule has 5 nitrogen and oxygen atoms in total. The number of aliphatic carboxylic acids is 1. The highest BCUT2D eigenvalue weighted by molar-refractivity contribution is 7.99. The first-order chi connectivity index (χ1) is 14.4. The molecule has 0 spiro atoms. The van der Waals surface area contributed by atoms with Crippen molar-refractivity contribution in [3.8, 4) is 0 Å². The molecule has 0 unspecified atom stereocenters. The van der Waals surface area contributed by atoms with Crippen molar-refractivity contribution in [2.24, 2.45) is 0 Å². The van der Waals surface area contributed by atoms with Gasteiger partial charge < -0.3 is 10.0 Å². The summed E-state index contributed by atoms with van der Waals surface area (Å²) in [5.41, 5.74) is 0.524. The molecule has 1 aromatic heterocycles. The predicted molar refractivity (Wildman–Crippen MR) is 115 cm³/mol. The third-order valence-corrected chi connectivity index (χ3v) is 6.49. The van der Waals surface area contributed by atoms with E-state index in [0.29, 0.717) is 15.4 Å². The van der Waals surface area contributed by atoms with Gasteiger partial charge >= 0.3 is 5.97 Å². The molecule has 1 heterocycles. The first-order valence-corrected chi connectivity index (χ1v) is 11.2. The number of fused-ring (bicyclic) bond motifs is 1. The van der Waals surface area contributed by atoms with Crippen molar-refractivity contribution in [1.29, 1.82) is 0 Å². The number of benzene rings is 2. The van der Waals surface area contributed by atoms with Crippen molar-refractivity contribution in [3.63, 3.8) is 0 Å². The number of thioether (sulfide) groups is 1. The molecule has 0 saturated heterocycles. The van der Waals surface area contributed by atoms with Crippen molar-refractivity contribution in [2.45, 2.75) is 37.6 Å². The Morgan fingerprint density at radius 3 is 2.53 bits per heavy atom. The minimum absolute atomic E-state index is 0.0420. The topological polar surface area (TPSA) is 70.5 Å². The molecule has 0 bridgehead atoms. The number of carbonyl (C=O) groups excluding carboxylic acids is 1. The van der Waals surface area contributed by atoms with Crippen molar-refractivity contribution in [2.75, 3.05) is 10.7 Å². The van der Waals surface area contributed by atoms with Gasteiger partial charge in [0.15, 0.2) is 11.6 Å². The van der Waals surface area contributed by atoms with Crippen LogP contribution in [0, 0.1) is 11.6 Å². The fourth-order valence-electron chi connectivity index (χ4n) is 2.80. The van der Waals surface area contributed by atoms with Crippen LogP contribution in [0.15, 0.2) is 41.3 Å². The van der Waals surface area contributed by atoms with E-state index in [9.17, 15) is 18.4 Å². The summed E-state index contributed by atoms with van der Waals surface area (Å²) in [6.45, 7) is 2.14. The Balaban J connectivity index is 1.88. The number of carbonyl (C=O) groups is 2. The maximum atomic E-state index is 14.0. The zero-order valence-electron chi connectivity index (χ0n) is 16.2. The molecular weight excluding hydrogens is 430 g/mol. The average molecular weight is 451 g/mol. The monoisotopic (exact) mass is 450 g/mol. The lowest BCUT2D eigenvalue weighted by Crippen LogP contribution is -2.30. The molecule has 0 atom stereocenters. The minimum atomic E-state index is -1.06. The second-order valence-corrected chi connectivity index (χ2v) is 8.82. The molecule has 30 heavy (non-hydrogen) atoms. The third-order valence-electron chi connectivity index (χ3n) is 4.26. The molecule has 9 heteroatoms. The highest BCUT2D eigenvalue weighted by Gasteiger charge is 2.20. The molecule has 3 aromatic rings. The molecule has 0 aliphatic carbocycles. The van der Waals surface area contributed by atoms with Crippen LogP contribution in [0.2, 0.25) is 0 Å². The number of hydrogen-bond acceptors (Lipinski definition) is 5. The van der Waals surface area contributed by atoms with E-state index in [1.165, 1.54) is 22.3 Å². The zero-order valence-corrected chi connectivity index (χ0v) is 17.9. The maximum Gasteiger partial charge on any atom is 0.303 e. The van der Waals surface area contributed by atoms with Crippen molar-refractivity contribution in [3.05, 3.63) is 53.0 Å². The number of aromatic nitrogens is 1. The smallest absolute Gasteiger partial charge is 0.303 e. The van der Waals surface area contributed by atoms with Crippen LogP contribution in [0.25, 0.3) is 10.2 Å². The first-order valence-electron chi connectivity index (χ1n) is 9.37. The van der Waals surface area contributed by atoms with E-state index in [2.05, 4.69) is 11.9 Å². The van der Waals surface area contributed by atoms with E-state index < -0.39 is 17.6 Å². The summed E-state index contributed by atoms with van der Waals surface area (Å²) in [5, 5.41) is 9.35. The van der Waals surface area contributed by atoms with Gasteiger partial charge in [-0.05, 0) is 48.6 Å². The number of nitrogens with zero attached hydrogens (tertiary/aromatic N) is 2. The number of carboxylic acid groups (broad SMARTS) is 1. The van der Waals surface area contributed by atoms with Crippen LogP contribution in [0.3, 0.4) is 0 Å². The first kappa shape index (κ1) is 22.2. The second kappa shape index (κ2) is 9.99. The second-order valence-electron chi connectivity index (χ2n) is 6.53. The van der Waals surface area contributed by atoms with Crippen molar-refractivity contribution < 1.29 is 23.5 Å². The normalized spacial score (nSPS) is 11.0. The highest BCUT2D eigenvalue weighted by Crippen LogP contribution is 2.29. The van der Waals surface area contributed by atoms with Crippen LogP contribution in [0.4, 0.5) is 14.5 Å². The van der Waals surface area contributed by atoms with E-state index in [4.69, 9.17) is 5.11 Å². The molecule has 1 N–H and O–H groups in total. The molecule has 2 aromatic carbocycles. The zero-order chi connectivity index (χ0) is 21.7. The molecule has 0 aliphatic rings. The Bertz CT molecular complexity index is 1050. The van der Waals surface area contributed by atoms with E-state index in [0.717, 1.165) is 23.1 Å². The van der Waals surface area contributed by atoms with Gasteiger partial charge in [0.05, 0.1) is 17.7 Å². The molecule has 0 fully saturated rings. The van der Waals surface area contributed by atoms with Gasteiger partial charge in [0.25, 0.3) is 0 Å². The number of carboxylic acids is 1. The molecule has 0 radical (unpaired) electrons. The summed E-state index contributed by atoms with van der Waals surface area (Å²) >= 11 is 2.87. The van der Waals surface area contributed by atoms with Crippen LogP contribution in [-0.4, -0.2) is 27.7 Å². The minimum Gasteiger partial charge on any atom is -0.481 e. The van der Waals surface area contributed by atoms with Crippen LogP contribution in [-0.2, 0) is 16.1 Å². The van der Waals surface area contributed by atoms with Gasteiger partial charge in [-0.25, -0.2) is 13.8 Å². The summed E-state index contributed by atoms with van der Waals surface area (Å²) < 4.78 is 28.0. The van der Waals surface area contributed by atoms with Crippen LogP contribution < -0.4 is 4.90 Å². The van der Waals surface area contributed by atoms with Gasteiger partial charge in [0.2, 0.25) is 5.91 Å². The number of halogens is 2. The number of hydrogen-bond donors (Lipinski definition) is 1. The average Bonchev–Trinajstić information content (AvgIpc) is 3.15. The highest BCUT2D eigenvalue weighted by atomic mass is 32.2. The summed E-state index contributed by atoms with van der Waals surface area (Å²) in [6.07, 6.45) is 0.579. The van der Waals surface area contributed by atoms with Crippen LogP contribution >= 0.6 is 23.1 Å². The van der Waals surface area contributed by atoms with Crippen molar-refractivity contribution in [1.82, 2.24) is 4.98 Å².